The summed E-state index contributed by atoms with van der Waals surface area (Å²) in [5.41, 5.74) is 7.81. The molecular weight excluding hydrogens is 348 g/mol. The number of carbonyl (C=O) groups is 2. The van der Waals surface area contributed by atoms with E-state index in [4.69, 9.17) is 10.5 Å². The Labute approximate surface area is 148 Å². The highest BCUT2D eigenvalue weighted by atomic mass is 35.5. The Balaban J connectivity index is 0.00000208. The van der Waals surface area contributed by atoms with E-state index in [1.54, 1.807) is 36.5 Å². The van der Waals surface area contributed by atoms with Gasteiger partial charge in [0, 0.05) is 24.7 Å². The molecule has 3 rings (SSSR count). The lowest BCUT2D eigenvalue weighted by atomic mass is 10.0. The summed E-state index contributed by atoms with van der Waals surface area (Å²) in [5.74, 6) is 0.0173. The molecule has 0 saturated carbocycles. The number of ether oxygens (including phenoxy) is 1. The first-order valence-electron chi connectivity index (χ1n) is 7.02. The van der Waals surface area contributed by atoms with Gasteiger partial charge in [-0.1, -0.05) is 12.1 Å². The molecule has 2 N–H and O–H groups in total. The molecular formula is C17H15ClN2O3S. The number of rotatable bonds is 5. The molecule has 0 amide bonds. The van der Waals surface area contributed by atoms with Crippen molar-refractivity contribution in [3.05, 3.63) is 59.1 Å². The quantitative estimate of drug-likeness (QED) is 0.554. The standard InChI is InChI=1S/C17H14N2O3S.ClH/c18-13(5-8-20)11-2-1-3-12(10-11)17(21)22-15-4-7-19-14-6-9-23-16(14)15;/h1-4,6-10,13H,5,18H2;1H. The second-order valence-electron chi connectivity index (χ2n) is 4.97. The SMILES string of the molecule is Cl.NC(CC=O)c1cccc(C(=O)Oc2ccnc3ccsc23)c1. The zero-order valence-corrected chi connectivity index (χ0v) is 14.2. The van der Waals surface area contributed by atoms with Crippen LogP contribution in [0.4, 0.5) is 0 Å². The Bertz CT molecular complexity index is 866. The third-order valence-electron chi connectivity index (χ3n) is 3.41. The summed E-state index contributed by atoms with van der Waals surface area (Å²) in [7, 11) is 0. The van der Waals surface area contributed by atoms with Crippen LogP contribution in [0.2, 0.25) is 0 Å². The number of pyridine rings is 1. The number of nitrogens with two attached hydrogens (primary N) is 1. The highest BCUT2D eigenvalue weighted by Crippen LogP contribution is 2.29. The van der Waals surface area contributed by atoms with Crippen molar-refractivity contribution in [3.8, 4) is 5.75 Å². The second-order valence-corrected chi connectivity index (χ2v) is 5.88. The lowest BCUT2D eigenvalue weighted by Crippen LogP contribution is -2.13. The number of aromatic nitrogens is 1. The molecule has 0 aliphatic carbocycles. The van der Waals surface area contributed by atoms with Crippen molar-refractivity contribution in [2.75, 3.05) is 0 Å². The number of benzene rings is 1. The zero-order valence-electron chi connectivity index (χ0n) is 12.5. The maximum absolute atomic E-state index is 12.4. The number of fused-ring (bicyclic) bond motifs is 1. The van der Waals surface area contributed by atoms with Gasteiger partial charge >= 0.3 is 5.97 Å². The molecule has 24 heavy (non-hydrogen) atoms. The second kappa shape index (κ2) is 8.01. The maximum Gasteiger partial charge on any atom is 0.343 e. The van der Waals surface area contributed by atoms with Gasteiger partial charge in [0.1, 0.15) is 6.29 Å². The van der Waals surface area contributed by atoms with E-state index in [1.165, 1.54) is 11.3 Å². The fourth-order valence-electron chi connectivity index (χ4n) is 2.22. The van der Waals surface area contributed by atoms with E-state index in [0.717, 1.165) is 22.1 Å². The third kappa shape index (κ3) is 3.79. The van der Waals surface area contributed by atoms with Gasteiger partial charge in [0.25, 0.3) is 0 Å². The number of hydrogen-bond acceptors (Lipinski definition) is 6. The van der Waals surface area contributed by atoms with Crippen molar-refractivity contribution < 1.29 is 14.3 Å². The summed E-state index contributed by atoms with van der Waals surface area (Å²) in [6.45, 7) is 0. The van der Waals surface area contributed by atoms with Crippen LogP contribution in [0, 0.1) is 0 Å². The Morgan fingerprint density at radius 2 is 2.17 bits per heavy atom. The molecule has 0 bridgehead atoms. The maximum atomic E-state index is 12.4. The predicted octanol–water partition coefficient (Wildman–Crippen LogP) is 3.53. The lowest BCUT2D eigenvalue weighted by Gasteiger charge is -2.10. The Morgan fingerprint density at radius 3 is 2.96 bits per heavy atom. The Kier molecular flexibility index (Phi) is 6.03. The summed E-state index contributed by atoms with van der Waals surface area (Å²) >= 11 is 1.47. The largest absolute Gasteiger partial charge is 0.421 e. The van der Waals surface area contributed by atoms with Crippen LogP contribution in [0.15, 0.2) is 48.0 Å². The molecule has 124 valence electrons. The van der Waals surface area contributed by atoms with E-state index >= 15 is 0 Å². The van der Waals surface area contributed by atoms with Gasteiger partial charge in [-0.15, -0.1) is 23.7 Å². The minimum absolute atomic E-state index is 0. The van der Waals surface area contributed by atoms with Crippen molar-refractivity contribution in [1.82, 2.24) is 4.98 Å². The summed E-state index contributed by atoms with van der Waals surface area (Å²) in [6, 6.07) is 9.94. The van der Waals surface area contributed by atoms with E-state index in [9.17, 15) is 9.59 Å². The average molecular weight is 363 g/mol. The molecule has 0 aliphatic heterocycles. The third-order valence-corrected chi connectivity index (χ3v) is 4.33. The van der Waals surface area contributed by atoms with E-state index in [0.29, 0.717) is 11.3 Å². The highest BCUT2D eigenvalue weighted by Gasteiger charge is 2.14. The molecule has 0 radical (unpaired) electrons. The molecule has 0 spiro atoms. The molecule has 1 atom stereocenters. The molecule has 3 aromatic rings. The van der Waals surface area contributed by atoms with Crippen LogP contribution in [-0.2, 0) is 4.79 Å². The smallest absolute Gasteiger partial charge is 0.343 e. The Hall–Kier alpha value is -2.28. The molecule has 1 aromatic carbocycles. The average Bonchev–Trinajstić information content (AvgIpc) is 3.05. The van der Waals surface area contributed by atoms with Crippen LogP contribution in [-0.4, -0.2) is 17.2 Å². The minimum Gasteiger partial charge on any atom is -0.421 e. The molecule has 2 heterocycles. The number of halogens is 1. The van der Waals surface area contributed by atoms with E-state index in [-0.39, 0.29) is 18.8 Å². The van der Waals surface area contributed by atoms with Crippen molar-refractivity contribution in [2.24, 2.45) is 5.73 Å². The van der Waals surface area contributed by atoms with Crippen molar-refractivity contribution >= 4 is 46.2 Å². The summed E-state index contributed by atoms with van der Waals surface area (Å²) in [6.07, 6.45) is 2.58. The van der Waals surface area contributed by atoms with E-state index in [2.05, 4.69) is 4.98 Å². The zero-order chi connectivity index (χ0) is 16.2. The molecule has 1 unspecified atom stereocenters. The minimum atomic E-state index is -0.467. The molecule has 0 fully saturated rings. The van der Waals surface area contributed by atoms with E-state index in [1.807, 2.05) is 11.4 Å². The van der Waals surface area contributed by atoms with Crippen LogP contribution in [0.5, 0.6) is 5.75 Å². The van der Waals surface area contributed by atoms with Crippen LogP contribution in [0.1, 0.15) is 28.4 Å². The molecule has 0 aliphatic rings. The molecule has 7 heteroatoms. The number of esters is 1. The van der Waals surface area contributed by atoms with Gasteiger partial charge in [0.15, 0.2) is 5.75 Å². The highest BCUT2D eigenvalue weighted by molar-refractivity contribution is 7.17. The number of nitrogens with zero attached hydrogens (tertiary/aromatic N) is 1. The number of carbonyl (C=O) groups excluding carboxylic acids is 2. The number of thiophene rings is 1. The van der Waals surface area contributed by atoms with Crippen molar-refractivity contribution in [2.45, 2.75) is 12.5 Å². The van der Waals surface area contributed by atoms with Crippen LogP contribution >= 0.6 is 23.7 Å². The predicted molar refractivity (Wildman–Crippen MR) is 95.9 cm³/mol. The number of aldehydes is 1. The molecule has 0 saturated heterocycles. The first-order valence-corrected chi connectivity index (χ1v) is 7.90. The normalized spacial score (nSPS) is 11.5. The fourth-order valence-corrected chi connectivity index (χ4v) is 3.03. The molecule has 2 aromatic heterocycles. The van der Waals surface area contributed by atoms with Crippen LogP contribution in [0.3, 0.4) is 0 Å². The van der Waals surface area contributed by atoms with Gasteiger partial charge in [0.2, 0.25) is 0 Å². The van der Waals surface area contributed by atoms with Gasteiger partial charge in [-0.3, -0.25) is 4.98 Å². The first kappa shape index (κ1) is 18.1. The Morgan fingerprint density at radius 1 is 1.33 bits per heavy atom. The molecule has 5 nitrogen and oxygen atoms in total. The fraction of sp³-hybridized carbons (Fsp3) is 0.118. The first-order chi connectivity index (χ1) is 11.2. The summed E-state index contributed by atoms with van der Waals surface area (Å²) in [5, 5.41) is 1.90. The van der Waals surface area contributed by atoms with E-state index < -0.39 is 12.0 Å². The van der Waals surface area contributed by atoms with Gasteiger partial charge in [-0.05, 0) is 29.1 Å². The monoisotopic (exact) mass is 362 g/mol. The van der Waals surface area contributed by atoms with Gasteiger partial charge in [-0.25, -0.2) is 4.79 Å². The summed E-state index contributed by atoms with van der Waals surface area (Å²) in [4.78, 5) is 27.1. The van der Waals surface area contributed by atoms with Gasteiger partial charge in [-0.2, -0.15) is 0 Å². The summed E-state index contributed by atoms with van der Waals surface area (Å²) < 4.78 is 6.32. The lowest BCUT2D eigenvalue weighted by molar-refractivity contribution is -0.108. The topological polar surface area (TPSA) is 82.3 Å². The van der Waals surface area contributed by atoms with Gasteiger partial charge in [0.05, 0.1) is 15.8 Å². The number of hydrogen-bond donors (Lipinski definition) is 1. The van der Waals surface area contributed by atoms with Crippen molar-refractivity contribution in [1.29, 1.82) is 0 Å². The van der Waals surface area contributed by atoms with Crippen molar-refractivity contribution in [3.63, 3.8) is 0 Å². The van der Waals surface area contributed by atoms with Crippen LogP contribution < -0.4 is 10.5 Å². The van der Waals surface area contributed by atoms with Crippen LogP contribution in [0.25, 0.3) is 10.2 Å². The van der Waals surface area contributed by atoms with Gasteiger partial charge < -0.3 is 15.3 Å².